The summed E-state index contributed by atoms with van der Waals surface area (Å²) in [5.74, 6) is -5.22. The lowest BCUT2D eigenvalue weighted by atomic mass is 9.51. The average Bonchev–Trinajstić information content (AvgIpc) is 3.35. The number of aliphatic hydroxyl groups excluding tert-OH is 3. The summed E-state index contributed by atoms with van der Waals surface area (Å²) in [6.45, 7) is 6.63. The zero-order valence-corrected chi connectivity index (χ0v) is 17.3. The summed E-state index contributed by atoms with van der Waals surface area (Å²) in [6, 6.07) is 0. The fraction of sp³-hybridized carbons (Fsp3) is 0.850. The number of hydrogen-bond acceptors (Lipinski definition) is 11. The number of rotatable bonds is 0. The highest BCUT2D eigenvalue weighted by Gasteiger charge is 3.05. The number of carbonyl (C=O) groups is 3. The van der Waals surface area contributed by atoms with E-state index in [1.807, 2.05) is 0 Å². The van der Waals surface area contributed by atoms with Crippen molar-refractivity contribution in [2.24, 2.45) is 28.1 Å². The van der Waals surface area contributed by atoms with Crippen molar-refractivity contribution in [1.82, 2.24) is 0 Å². The molecule has 0 bridgehead atoms. The smallest absolute Gasteiger partial charge is 0.343 e. The van der Waals surface area contributed by atoms with Gasteiger partial charge >= 0.3 is 17.9 Å². The SMILES string of the molecule is C[C@H]1C(=O)O[C@@H]2[C@@H](O)[C@]34[C@H]5OC(=O)[C@@]3(O[C@H]3OC(=O)[C@@H](O)[C@]34[C@@H](C(C)(C)C)[C@@H]5O)[C@@]21O. The highest BCUT2D eigenvalue weighted by atomic mass is 16.8. The van der Waals surface area contributed by atoms with Gasteiger partial charge in [-0.15, -0.1) is 0 Å². The van der Waals surface area contributed by atoms with Gasteiger partial charge in [0.15, 0.2) is 17.8 Å². The minimum Gasteiger partial charge on any atom is -0.456 e. The Labute approximate surface area is 176 Å². The van der Waals surface area contributed by atoms with E-state index in [2.05, 4.69) is 0 Å². The second-order valence-corrected chi connectivity index (χ2v) is 10.8. The highest BCUT2D eigenvalue weighted by molar-refractivity contribution is 5.94. The third kappa shape index (κ3) is 1.43. The molecule has 0 radical (unpaired) electrons. The lowest BCUT2D eigenvalue weighted by Gasteiger charge is -2.47. The van der Waals surface area contributed by atoms with Gasteiger partial charge in [-0.3, -0.25) is 4.79 Å². The third-order valence-corrected chi connectivity index (χ3v) is 8.95. The number of hydrogen-bond donors (Lipinski definition) is 4. The maximum Gasteiger partial charge on any atom is 0.343 e. The van der Waals surface area contributed by atoms with Crippen LogP contribution in [0.3, 0.4) is 0 Å². The number of carbonyl (C=O) groups excluding carboxylic acids is 3. The van der Waals surface area contributed by atoms with E-state index < -0.39 is 94.0 Å². The molecule has 4 N–H and O–H groups in total. The van der Waals surface area contributed by atoms with Gasteiger partial charge in [-0.2, -0.15) is 0 Å². The molecular formula is C20H24O11. The highest BCUT2D eigenvalue weighted by Crippen LogP contribution is 2.84. The molecule has 11 heteroatoms. The Balaban J connectivity index is 1.75. The van der Waals surface area contributed by atoms with Crippen molar-refractivity contribution in [3.63, 3.8) is 0 Å². The first-order valence-electron chi connectivity index (χ1n) is 10.3. The fourth-order valence-corrected chi connectivity index (χ4v) is 8.27. The quantitative estimate of drug-likeness (QED) is 0.234. The van der Waals surface area contributed by atoms with Gasteiger partial charge in [0.1, 0.15) is 12.2 Å². The average molecular weight is 440 g/mol. The molecule has 0 aromatic rings. The van der Waals surface area contributed by atoms with E-state index in [4.69, 9.17) is 18.9 Å². The molecule has 4 aliphatic heterocycles. The van der Waals surface area contributed by atoms with Crippen LogP contribution in [0.15, 0.2) is 0 Å². The third-order valence-electron chi connectivity index (χ3n) is 8.95. The molecule has 11 nitrogen and oxygen atoms in total. The molecule has 12 atom stereocenters. The molecule has 0 aromatic carbocycles. The van der Waals surface area contributed by atoms with Crippen molar-refractivity contribution in [3.05, 3.63) is 0 Å². The van der Waals surface area contributed by atoms with Crippen LogP contribution in [-0.2, 0) is 33.3 Å². The van der Waals surface area contributed by atoms with E-state index in [1.54, 1.807) is 20.8 Å². The molecule has 6 rings (SSSR count). The Morgan fingerprint density at radius 3 is 2.19 bits per heavy atom. The maximum atomic E-state index is 13.4. The Bertz CT molecular complexity index is 957. The molecule has 6 aliphatic rings. The van der Waals surface area contributed by atoms with E-state index in [9.17, 15) is 34.8 Å². The summed E-state index contributed by atoms with van der Waals surface area (Å²) >= 11 is 0. The van der Waals surface area contributed by atoms with Gasteiger partial charge in [0, 0.05) is 5.92 Å². The molecule has 4 heterocycles. The van der Waals surface area contributed by atoms with Crippen molar-refractivity contribution < 1.29 is 53.8 Å². The van der Waals surface area contributed by atoms with Crippen LogP contribution in [0.5, 0.6) is 0 Å². The van der Waals surface area contributed by atoms with Crippen LogP contribution in [0.25, 0.3) is 0 Å². The van der Waals surface area contributed by atoms with Crippen molar-refractivity contribution in [2.45, 2.75) is 75.7 Å². The minimum atomic E-state index is -2.40. The molecule has 2 saturated carbocycles. The number of fused-ring (bicyclic) bond motifs is 1. The van der Waals surface area contributed by atoms with E-state index in [-0.39, 0.29) is 0 Å². The molecular weight excluding hydrogens is 416 g/mol. The summed E-state index contributed by atoms with van der Waals surface area (Å²) in [5.41, 5.74) is -9.40. The largest absolute Gasteiger partial charge is 0.456 e. The van der Waals surface area contributed by atoms with Crippen LogP contribution in [0.2, 0.25) is 0 Å². The monoisotopic (exact) mass is 440 g/mol. The predicted octanol–water partition coefficient (Wildman–Crippen LogP) is -2.40. The predicted molar refractivity (Wildman–Crippen MR) is 93.4 cm³/mol. The van der Waals surface area contributed by atoms with Crippen LogP contribution in [-0.4, -0.2) is 86.3 Å². The van der Waals surface area contributed by atoms with Crippen LogP contribution in [0.1, 0.15) is 27.7 Å². The van der Waals surface area contributed by atoms with Gasteiger partial charge in [-0.05, 0) is 12.3 Å². The van der Waals surface area contributed by atoms with Gasteiger partial charge < -0.3 is 39.4 Å². The first-order chi connectivity index (χ1) is 14.3. The van der Waals surface area contributed by atoms with E-state index in [0.29, 0.717) is 0 Å². The second-order valence-electron chi connectivity index (χ2n) is 10.8. The van der Waals surface area contributed by atoms with Crippen LogP contribution >= 0.6 is 0 Å². The van der Waals surface area contributed by atoms with Crippen molar-refractivity contribution >= 4 is 17.9 Å². The topological polar surface area (TPSA) is 169 Å². The Morgan fingerprint density at radius 2 is 1.58 bits per heavy atom. The van der Waals surface area contributed by atoms with Gasteiger partial charge in [0.2, 0.25) is 11.9 Å². The van der Waals surface area contributed by atoms with Gasteiger partial charge in [-0.1, -0.05) is 20.8 Å². The van der Waals surface area contributed by atoms with E-state index >= 15 is 0 Å². The van der Waals surface area contributed by atoms with E-state index in [1.165, 1.54) is 6.92 Å². The molecule has 0 unspecified atom stereocenters. The van der Waals surface area contributed by atoms with Crippen molar-refractivity contribution in [1.29, 1.82) is 0 Å². The summed E-state index contributed by atoms with van der Waals surface area (Å²) in [4.78, 5) is 38.3. The molecule has 31 heavy (non-hydrogen) atoms. The summed E-state index contributed by atoms with van der Waals surface area (Å²) in [6.07, 6.45) is -9.69. The Hall–Kier alpha value is -1.79. The number of ether oxygens (including phenoxy) is 4. The minimum absolute atomic E-state index is 0.792. The molecule has 170 valence electrons. The van der Waals surface area contributed by atoms with Crippen LogP contribution in [0, 0.1) is 28.1 Å². The van der Waals surface area contributed by atoms with Crippen molar-refractivity contribution in [3.8, 4) is 0 Å². The molecule has 0 amide bonds. The Kier molecular flexibility index (Phi) is 3.15. The second kappa shape index (κ2) is 4.91. The molecule has 6 fully saturated rings. The molecule has 2 spiro atoms. The van der Waals surface area contributed by atoms with Crippen LogP contribution < -0.4 is 0 Å². The van der Waals surface area contributed by atoms with E-state index in [0.717, 1.165) is 0 Å². The summed E-state index contributed by atoms with van der Waals surface area (Å²) in [7, 11) is 0. The maximum absolute atomic E-state index is 13.4. The normalized spacial score (nSPS) is 61.0. The number of aliphatic hydroxyl groups is 4. The van der Waals surface area contributed by atoms with Crippen molar-refractivity contribution in [2.75, 3.05) is 0 Å². The zero-order valence-electron chi connectivity index (χ0n) is 17.3. The Morgan fingerprint density at radius 1 is 0.935 bits per heavy atom. The molecule has 2 aliphatic carbocycles. The van der Waals surface area contributed by atoms with Gasteiger partial charge in [0.25, 0.3) is 0 Å². The molecule has 0 aromatic heterocycles. The van der Waals surface area contributed by atoms with Crippen LogP contribution in [0.4, 0.5) is 0 Å². The summed E-state index contributed by atoms with van der Waals surface area (Å²) in [5, 5.41) is 46.1. The zero-order chi connectivity index (χ0) is 22.7. The van der Waals surface area contributed by atoms with Gasteiger partial charge in [0.05, 0.1) is 22.9 Å². The first kappa shape index (κ1) is 19.9. The summed E-state index contributed by atoms with van der Waals surface area (Å²) < 4.78 is 22.2. The standard InChI is InChI=1S/C20H24O11/c1-5-12(24)28-11-8(22)18-10-6(21)7(16(2,3)4)17(18)9(23)13(25)30-15(17)31-20(18,14(26)29-10)19(5,11)27/h5-11,15,21-23,27H,1-4H3/t5-,6-,7+,8+,9+,10-,11+,15+,17+,18+,19-,20-/m0/s1. The fourth-order valence-electron chi connectivity index (χ4n) is 8.27. The first-order valence-corrected chi connectivity index (χ1v) is 10.3. The lowest BCUT2D eigenvalue weighted by molar-refractivity contribution is -0.240. The number of esters is 3. The van der Waals surface area contributed by atoms with Gasteiger partial charge in [-0.25, -0.2) is 9.59 Å². The molecule has 4 saturated heterocycles. The lowest BCUT2D eigenvalue weighted by Crippen LogP contribution is -2.67.